The van der Waals surface area contributed by atoms with E-state index >= 15 is 0 Å². The lowest BCUT2D eigenvalue weighted by Crippen LogP contribution is -2.24. The molecule has 7 nitrogen and oxygen atoms in total. The lowest BCUT2D eigenvalue weighted by Gasteiger charge is -2.07. The fraction of sp³-hybridized carbons (Fsp3) is 0.455. The maximum absolute atomic E-state index is 10.9. The summed E-state index contributed by atoms with van der Waals surface area (Å²) in [5.41, 5.74) is 1.28. The number of hydrogen-bond donors (Lipinski definition) is 2. The van der Waals surface area contributed by atoms with Crippen LogP contribution in [0.5, 0.6) is 0 Å². The van der Waals surface area contributed by atoms with E-state index in [0.29, 0.717) is 25.2 Å². The van der Waals surface area contributed by atoms with Gasteiger partial charge in [-0.1, -0.05) is 6.07 Å². The third-order valence-electron chi connectivity index (χ3n) is 2.38. The molecule has 1 aromatic rings. The Labute approximate surface area is 112 Å². The summed E-state index contributed by atoms with van der Waals surface area (Å²) in [5, 5.41) is 13.8. The first-order valence-electron chi connectivity index (χ1n) is 5.73. The van der Waals surface area contributed by atoms with Crippen LogP contribution in [0.25, 0.3) is 0 Å². The number of benzene rings is 1. The number of nitrogens with zero attached hydrogens (tertiary/aromatic N) is 1. The summed E-state index contributed by atoms with van der Waals surface area (Å²) in [4.78, 5) is 10.4. The largest absolute Gasteiger partial charge is 0.379 e. The van der Waals surface area contributed by atoms with E-state index in [2.05, 4.69) is 10.0 Å². The molecule has 2 N–H and O–H groups in total. The molecule has 0 saturated carbocycles. The van der Waals surface area contributed by atoms with Crippen molar-refractivity contribution < 1.29 is 13.3 Å². The monoisotopic (exact) mass is 287 g/mol. The van der Waals surface area contributed by atoms with E-state index in [9.17, 15) is 18.5 Å². The lowest BCUT2D eigenvalue weighted by atomic mass is 10.2. The van der Waals surface area contributed by atoms with Gasteiger partial charge in [0.1, 0.15) is 5.69 Å². The van der Waals surface area contributed by atoms with E-state index in [-0.39, 0.29) is 5.69 Å². The minimum Gasteiger partial charge on any atom is -0.379 e. The van der Waals surface area contributed by atoms with Crippen LogP contribution in [0.2, 0.25) is 0 Å². The standard InChI is InChI=1S/C11H17N3O4S/c1-9-4-5-10(11(8-9)14(15)16)12-6-3-7-13-19(2,17)18/h4-5,8,12-13H,3,6-7H2,1-2H3. The van der Waals surface area contributed by atoms with Gasteiger partial charge in [0.05, 0.1) is 11.2 Å². The number of nitro benzene ring substituents is 1. The Kier molecular flexibility index (Phi) is 5.25. The highest BCUT2D eigenvalue weighted by molar-refractivity contribution is 7.88. The molecular weight excluding hydrogens is 270 g/mol. The molecule has 0 amide bonds. The van der Waals surface area contributed by atoms with Gasteiger partial charge in [-0.3, -0.25) is 10.1 Å². The van der Waals surface area contributed by atoms with Gasteiger partial charge in [0, 0.05) is 19.2 Å². The second-order valence-electron chi connectivity index (χ2n) is 4.22. The Hall–Kier alpha value is -1.67. The predicted molar refractivity (Wildman–Crippen MR) is 73.8 cm³/mol. The molecule has 106 valence electrons. The first kappa shape index (κ1) is 15.4. The third kappa shape index (κ3) is 5.66. The number of rotatable bonds is 7. The van der Waals surface area contributed by atoms with Crippen LogP contribution in [0.15, 0.2) is 18.2 Å². The van der Waals surface area contributed by atoms with Crippen LogP contribution in [0.1, 0.15) is 12.0 Å². The van der Waals surface area contributed by atoms with Gasteiger partial charge in [0.2, 0.25) is 10.0 Å². The molecule has 0 fully saturated rings. The van der Waals surface area contributed by atoms with Crippen LogP contribution >= 0.6 is 0 Å². The van der Waals surface area contributed by atoms with E-state index in [1.54, 1.807) is 19.1 Å². The van der Waals surface area contributed by atoms with Gasteiger partial charge in [-0.15, -0.1) is 0 Å². The van der Waals surface area contributed by atoms with Crippen molar-refractivity contribution in [2.75, 3.05) is 24.7 Å². The maximum Gasteiger partial charge on any atom is 0.292 e. The van der Waals surface area contributed by atoms with Crippen LogP contribution in [0.4, 0.5) is 11.4 Å². The molecular formula is C11H17N3O4S. The van der Waals surface area contributed by atoms with Gasteiger partial charge >= 0.3 is 0 Å². The molecule has 0 heterocycles. The molecule has 0 aromatic heterocycles. The Morgan fingerprint density at radius 3 is 2.58 bits per heavy atom. The summed E-state index contributed by atoms with van der Waals surface area (Å²) in [5.74, 6) is 0. The summed E-state index contributed by atoms with van der Waals surface area (Å²) in [6.45, 7) is 2.53. The highest BCUT2D eigenvalue weighted by Crippen LogP contribution is 2.24. The lowest BCUT2D eigenvalue weighted by molar-refractivity contribution is -0.384. The normalized spacial score (nSPS) is 11.3. The quantitative estimate of drug-likeness (QED) is 0.446. The molecule has 0 unspecified atom stereocenters. The number of nitrogens with one attached hydrogen (secondary N) is 2. The average molecular weight is 287 g/mol. The van der Waals surface area contributed by atoms with E-state index in [1.807, 2.05) is 0 Å². The second kappa shape index (κ2) is 6.48. The van der Waals surface area contributed by atoms with Gasteiger partial charge in [0.15, 0.2) is 0 Å². The maximum atomic E-state index is 10.9. The van der Waals surface area contributed by atoms with Crippen molar-refractivity contribution in [2.45, 2.75) is 13.3 Å². The fourth-order valence-corrected chi connectivity index (χ4v) is 2.03. The molecule has 0 bridgehead atoms. The Morgan fingerprint density at radius 1 is 1.32 bits per heavy atom. The molecule has 0 atom stereocenters. The molecule has 1 aromatic carbocycles. The summed E-state index contributed by atoms with van der Waals surface area (Å²) < 4.78 is 24.0. The van der Waals surface area contributed by atoms with E-state index in [1.165, 1.54) is 6.07 Å². The number of hydrogen-bond acceptors (Lipinski definition) is 5. The SMILES string of the molecule is Cc1ccc(NCCCNS(C)(=O)=O)c([N+](=O)[O-])c1. The van der Waals surface area contributed by atoms with E-state index in [0.717, 1.165) is 11.8 Å². The molecule has 8 heteroatoms. The average Bonchev–Trinajstić information content (AvgIpc) is 2.28. The molecule has 0 aliphatic heterocycles. The van der Waals surface area contributed by atoms with Crippen LogP contribution in [0.3, 0.4) is 0 Å². The number of aryl methyl sites for hydroxylation is 1. The van der Waals surface area contributed by atoms with Gasteiger partial charge in [-0.25, -0.2) is 13.1 Å². The summed E-state index contributed by atoms with van der Waals surface area (Å²) in [6, 6.07) is 4.93. The Morgan fingerprint density at radius 2 is 2.00 bits per heavy atom. The van der Waals surface area contributed by atoms with Crippen molar-refractivity contribution in [3.63, 3.8) is 0 Å². The van der Waals surface area contributed by atoms with Crippen molar-refractivity contribution in [3.05, 3.63) is 33.9 Å². The zero-order valence-corrected chi connectivity index (χ0v) is 11.7. The zero-order chi connectivity index (χ0) is 14.5. The molecule has 0 radical (unpaired) electrons. The van der Waals surface area contributed by atoms with Gasteiger partial charge in [-0.2, -0.15) is 0 Å². The highest BCUT2D eigenvalue weighted by atomic mass is 32.2. The van der Waals surface area contributed by atoms with Crippen molar-refractivity contribution in [1.29, 1.82) is 0 Å². The van der Waals surface area contributed by atoms with Gasteiger partial charge in [-0.05, 0) is 25.0 Å². The smallest absolute Gasteiger partial charge is 0.292 e. The number of sulfonamides is 1. The molecule has 0 saturated heterocycles. The first-order valence-corrected chi connectivity index (χ1v) is 7.62. The first-order chi connectivity index (χ1) is 8.79. The zero-order valence-electron chi connectivity index (χ0n) is 10.8. The molecule has 0 aliphatic rings. The minimum absolute atomic E-state index is 0.0241. The molecule has 0 aliphatic carbocycles. The molecule has 1 rings (SSSR count). The third-order valence-corrected chi connectivity index (χ3v) is 3.11. The highest BCUT2D eigenvalue weighted by Gasteiger charge is 2.12. The van der Waals surface area contributed by atoms with Crippen LogP contribution in [0, 0.1) is 17.0 Å². The van der Waals surface area contributed by atoms with Crippen molar-refractivity contribution >= 4 is 21.4 Å². The Bertz CT molecular complexity index is 557. The summed E-state index contributed by atoms with van der Waals surface area (Å²) >= 11 is 0. The minimum atomic E-state index is -3.18. The summed E-state index contributed by atoms with van der Waals surface area (Å²) in [6.07, 6.45) is 1.63. The predicted octanol–water partition coefficient (Wildman–Crippen LogP) is 1.25. The van der Waals surface area contributed by atoms with Gasteiger partial charge < -0.3 is 5.32 Å². The van der Waals surface area contributed by atoms with E-state index in [4.69, 9.17) is 0 Å². The van der Waals surface area contributed by atoms with E-state index < -0.39 is 14.9 Å². The topological polar surface area (TPSA) is 101 Å². The summed E-state index contributed by atoms with van der Waals surface area (Å²) in [7, 11) is -3.18. The second-order valence-corrected chi connectivity index (χ2v) is 6.06. The number of anilines is 1. The molecule has 0 spiro atoms. The van der Waals surface area contributed by atoms with Crippen molar-refractivity contribution in [3.8, 4) is 0 Å². The van der Waals surface area contributed by atoms with Crippen LogP contribution < -0.4 is 10.0 Å². The Balaban J connectivity index is 2.52. The number of nitro groups is 1. The fourth-order valence-electron chi connectivity index (χ4n) is 1.51. The molecule has 19 heavy (non-hydrogen) atoms. The van der Waals surface area contributed by atoms with Gasteiger partial charge in [0.25, 0.3) is 5.69 Å². The van der Waals surface area contributed by atoms with Crippen LogP contribution in [-0.4, -0.2) is 32.7 Å². The van der Waals surface area contributed by atoms with Crippen LogP contribution in [-0.2, 0) is 10.0 Å². The van der Waals surface area contributed by atoms with Crippen molar-refractivity contribution in [2.24, 2.45) is 0 Å². The van der Waals surface area contributed by atoms with Crippen molar-refractivity contribution in [1.82, 2.24) is 4.72 Å².